The van der Waals surface area contributed by atoms with E-state index >= 15 is 0 Å². The number of carbonyl (C=O) groups excluding carboxylic acids is 1. The Kier molecular flexibility index (Phi) is 5.28. The molecule has 0 radical (unpaired) electrons. The van der Waals surface area contributed by atoms with Crippen molar-refractivity contribution in [2.75, 3.05) is 0 Å². The number of carbonyl (C=O) groups is 3. The highest BCUT2D eigenvalue weighted by Crippen LogP contribution is 2.26. The van der Waals surface area contributed by atoms with Crippen molar-refractivity contribution >= 4 is 30.0 Å². The van der Waals surface area contributed by atoms with Gasteiger partial charge in [-0.2, -0.15) is 5.26 Å². The molecule has 0 spiro atoms. The molecule has 2 aromatic carbocycles. The summed E-state index contributed by atoms with van der Waals surface area (Å²) in [5, 5.41) is 26.2. The van der Waals surface area contributed by atoms with Crippen LogP contribution in [0.25, 0.3) is 12.2 Å². The van der Waals surface area contributed by atoms with Gasteiger partial charge in [0.25, 0.3) is 0 Å². The first kappa shape index (κ1) is 19.6. The third kappa shape index (κ3) is 4.22. The van der Waals surface area contributed by atoms with Gasteiger partial charge in [0, 0.05) is 29.6 Å². The molecule has 0 saturated carbocycles. The van der Waals surface area contributed by atoms with Gasteiger partial charge in [0.15, 0.2) is 0 Å². The molecule has 0 aliphatic heterocycles. The minimum absolute atomic E-state index is 0.339. The SMILES string of the molecule is N#Cc1ccc2c(c1)C=C(C(=O)O)C2.NC(=O)c1ccc2c(c1)C=C(C(=O)O)C2. The lowest BCUT2D eigenvalue weighted by molar-refractivity contribution is -0.133. The van der Waals surface area contributed by atoms with E-state index in [2.05, 4.69) is 0 Å². The number of rotatable bonds is 3. The van der Waals surface area contributed by atoms with Crippen LogP contribution in [0.1, 0.15) is 38.2 Å². The van der Waals surface area contributed by atoms with Crippen molar-refractivity contribution in [1.82, 2.24) is 0 Å². The van der Waals surface area contributed by atoms with Gasteiger partial charge in [-0.1, -0.05) is 12.1 Å². The Morgan fingerprint density at radius 3 is 1.86 bits per heavy atom. The number of carboxylic acids is 2. The first-order chi connectivity index (χ1) is 13.8. The summed E-state index contributed by atoms with van der Waals surface area (Å²) in [4.78, 5) is 32.3. The van der Waals surface area contributed by atoms with E-state index in [9.17, 15) is 14.4 Å². The number of benzene rings is 2. The number of nitrogens with two attached hydrogens (primary N) is 1. The molecule has 4 N–H and O–H groups in total. The molecule has 4 rings (SSSR count). The summed E-state index contributed by atoms with van der Waals surface area (Å²) < 4.78 is 0. The first-order valence-corrected chi connectivity index (χ1v) is 8.62. The highest BCUT2D eigenvalue weighted by Gasteiger charge is 2.19. The number of nitriles is 1. The zero-order valence-electron chi connectivity index (χ0n) is 15.2. The van der Waals surface area contributed by atoms with E-state index < -0.39 is 17.8 Å². The molecule has 0 heterocycles. The lowest BCUT2D eigenvalue weighted by atomic mass is 10.1. The third-order valence-electron chi connectivity index (χ3n) is 4.68. The number of fused-ring (bicyclic) bond motifs is 2. The molecule has 2 aliphatic carbocycles. The van der Waals surface area contributed by atoms with Gasteiger partial charge in [-0.05, 0) is 58.7 Å². The lowest BCUT2D eigenvalue weighted by Crippen LogP contribution is -2.10. The van der Waals surface area contributed by atoms with Crippen molar-refractivity contribution in [1.29, 1.82) is 5.26 Å². The van der Waals surface area contributed by atoms with Gasteiger partial charge in [0.2, 0.25) is 5.91 Å². The van der Waals surface area contributed by atoms with Crippen LogP contribution in [-0.2, 0) is 22.4 Å². The summed E-state index contributed by atoms with van der Waals surface area (Å²) in [7, 11) is 0. The van der Waals surface area contributed by atoms with Crippen molar-refractivity contribution in [3.63, 3.8) is 0 Å². The minimum Gasteiger partial charge on any atom is -0.478 e. The summed E-state index contributed by atoms with van der Waals surface area (Å²) in [6.07, 6.45) is 4.06. The monoisotopic (exact) mass is 388 g/mol. The molecule has 2 aromatic rings. The largest absolute Gasteiger partial charge is 0.478 e. The van der Waals surface area contributed by atoms with Crippen LogP contribution in [-0.4, -0.2) is 28.1 Å². The van der Waals surface area contributed by atoms with Gasteiger partial charge in [-0.15, -0.1) is 0 Å². The quantitative estimate of drug-likeness (QED) is 0.737. The minimum atomic E-state index is -0.924. The predicted molar refractivity (Wildman–Crippen MR) is 105 cm³/mol. The number of carboxylic acid groups (broad SMARTS) is 2. The topological polar surface area (TPSA) is 141 Å². The zero-order chi connectivity index (χ0) is 21.1. The number of hydrogen-bond acceptors (Lipinski definition) is 4. The fraction of sp³-hybridized carbons (Fsp3) is 0.0909. The van der Waals surface area contributed by atoms with Crippen LogP contribution in [0.4, 0.5) is 0 Å². The normalized spacial score (nSPS) is 13.1. The van der Waals surface area contributed by atoms with Crippen LogP contribution in [0, 0.1) is 11.3 Å². The average Bonchev–Trinajstić information content (AvgIpc) is 3.31. The third-order valence-corrected chi connectivity index (χ3v) is 4.68. The van der Waals surface area contributed by atoms with E-state index in [0.717, 1.165) is 22.3 Å². The molecule has 0 bridgehead atoms. The molecule has 144 valence electrons. The Morgan fingerprint density at radius 2 is 1.38 bits per heavy atom. The highest BCUT2D eigenvalue weighted by atomic mass is 16.4. The molecule has 0 saturated heterocycles. The molecule has 0 unspecified atom stereocenters. The number of aliphatic carboxylic acids is 2. The Balaban J connectivity index is 0.000000166. The molecule has 0 fully saturated rings. The Morgan fingerprint density at radius 1 is 0.862 bits per heavy atom. The van der Waals surface area contributed by atoms with Gasteiger partial charge in [-0.3, -0.25) is 4.79 Å². The number of hydrogen-bond donors (Lipinski definition) is 3. The Bertz CT molecular complexity index is 1150. The molecule has 7 heteroatoms. The molecule has 29 heavy (non-hydrogen) atoms. The van der Waals surface area contributed by atoms with Gasteiger partial charge >= 0.3 is 11.9 Å². The second-order valence-electron chi connectivity index (χ2n) is 6.61. The zero-order valence-corrected chi connectivity index (χ0v) is 15.2. The fourth-order valence-corrected chi connectivity index (χ4v) is 3.17. The Labute approximate surface area is 166 Å². The summed E-state index contributed by atoms with van der Waals surface area (Å²) in [6, 6.07) is 12.2. The molecule has 0 atom stereocenters. The van der Waals surface area contributed by atoms with Gasteiger partial charge < -0.3 is 15.9 Å². The van der Waals surface area contributed by atoms with Crippen molar-refractivity contribution in [2.45, 2.75) is 12.8 Å². The van der Waals surface area contributed by atoms with Crippen molar-refractivity contribution in [3.8, 4) is 6.07 Å². The number of nitrogens with zero attached hydrogens (tertiary/aromatic N) is 1. The molecule has 0 aromatic heterocycles. The predicted octanol–water partition coefficient (Wildman–Crippen LogP) is 2.39. The maximum absolute atomic E-state index is 10.9. The van der Waals surface area contributed by atoms with Crippen molar-refractivity contribution < 1.29 is 24.6 Å². The van der Waals surface area contributed by atoms with Crippen LogP contribution in [0.15, 0.2) is 47.5 Å². The summed E-state index contributed by atoms with van der Waals surface area (Å²) in [5.74, 6) is -2.32. The highest BCUT2D eigenvalue weighted by molar-refractivity contribution is 5.98. The number of primary amides is 1. The Hall–Kier alpha value is -4.18. The summed E-state index contributed by atoms with van der Waals surface area (Å²) in [6.45, 7) is 0. The van der Waals surface area contributed by atoms with Crippen molar-refractivity contribution in [2.24, 2.45) is 5.73 Å². The number of amides is 1. The molecular formula is C22H16N2O5. The van der Waals surface area contributed by atoms with Crippen LogP contribution in [0.5, 0.6) is 0 Å². The van der Waals surface area contributed by atoms with Crippen LogP contribution >= 0.6 is 0 Å². The summed E-state index contributed by atoms with van der Waals surface area (Å²) >= 11 is 0. The molecular weight excluding hydrogens is 372 g/mol. The maximum atomic E-state index is 10.9. The average molecular weight is 388 g/mol. The summed E-state index contributed by atoms with van der Waals surface area (Å²) in [5.41, 5.74) is 10.3. The molecule has 1 amide bonds. The second-order valence-corrected chi connectivity index (χ2v) is 6.61. The van der Waals surface area contributed by atoms with Crippen LogP contribution in [0.3, 0.4) is 0 Å². The van der Waals surface area contributed by atoms with Gasteiger partial charge in [-0.25, -0.2) is 9.59 Å². The standard InChI is InChI=1S/C11H9NO3.C11H7NO2/c12-10(13)7-2-1-6-3-9(11(14)15)5-8(6)4-7;12-6-7-1-2-8-4-10(11(13)14)5-9(8)3-7/h1-2,4-5H,3H2,(H2,12,13)(H,14,15);1-3,5H,4H2,(H,13,14). The lowest BCUT2D eigenvalue weighted by Gasteiger charge is -2.00. The van der Waals surface area contributed by atoms with E-state index in [1.807, 2.05) is 6.07 Å². The van der Waals surface area contributed by atoms with Crippen LogP contribution < -0.4 is 5.73 Å². The van der Waals surface area contributed by atoms with E-state index in [4.69, 9.17) is 21.2 Å². The smallest absolute Gasteiger partial charge is 0.331 e. The van der Waals surface area contributed by atoms with E-state index in [1.54, 1.807) is 48.6 Å². The van der Waals surface area contributed by atoms with Gasteiger partial charge in [0.05, 0.1) is 11.6 Å². The maximum Gasteiger partial charge on any atom is 0.331 e. The second kappa shape index (κ2) is 7.82. The molecule has 7 nitrogen and oxygen atoms in total. The van der Waals surface area contributed by atoms with Crippen molar-refractivity contribution in [3.05, 3.63) is 80.9 Å². The first-order valence-electron chi connectivity index (χ1n) is 8.62. The van der Waals surface area contributed by atoms with Crippen LogP contribution in [0.2, 0.25) is 0 Å². The van der Waals surface area contributed by atoms with E-state index in [-0.39, 0.29) is 0 Å². The van der Waals surface area contributed by atoms with Gasteiger partial charge in [0.1, 0.15) is 0 Å². The molecule has 2 aliphatic rings. The van der Waals surface area contributed by atoms with E-state index in [1.165, 1.54) is 0 Å². The van der Waals surface area contributed by atoms with E-state index in [0.29, 0.717) is 35.1 Å². The fourth-order valence-electron chi connectivity index (χ4n) is 3.17.